The second-order valence-corrected chi connectivity index (χ2v) is 9.12. The van der Waals surface area contributed by atoms with Crippen molar-refractivity contribution in [3.63, 3.8) is 0 Å². The number of imide groups is 1. The summed E-state index contributed by atoms with van der Waals surface area (Å²) in [6.07, 6.45) is 5.98. The first kappa shape index (κ1) is 28.4. The topological polar surface area (TPSA) is 123 Å². The minimum atomic E-state index is -0.626. The quantitative estimate of drug-likeness (QED) is 0.376. The number of hydrogen-bond donors (Lipinski definition) is 2. The van der Waals surface area contributed by atoms with Gasteiger partial charge in [-0.1, -0.05) is 44.2 Å². The zero-order chi connectivity index (χ0) is 28.8. The maximum atomic E-state index is 13.1. The van der Waals surface area contributed by atoms with E-state index >= 15 is 0 Å². The Bertz CT molecular complexity index is 1510. The second kappa shape index (κ2) is 12.5. The van der Waals surface area contributed by atoms with Crippen LogP contribution in [0.2, 0.25) is 0 Å². The van der Waals surface area contributed by atoms with Gasteiger partial charge in [0, 0.05) is 49.1 Å². The first-order chi connectivity index (χ1) is 19.5. The number of carbonyl (C=O) groups excluding carboxylic acids is 3. The van der Waals surface area contributed by atoms with Gasteiger partial charge in [-0.2, -0.15) is 5.10 Å². The second-order valence-electron chi connectivity index (χ2n) is 9.12. The molecule has 0 spiro atoms. The third kappa shape index (κ3) is 5.41. The van der Waals surface area contributed by atoms with Gasteiger partial charge in [-0.3, -0.25) is 29.4 Å². The Balaban J connectivity index is 0.000000886. The van der Waals surface area contributed by atoms with E-state index in [2.05, 4.69) is 45.4 Å². The van der Waals surface area contributed by atoms with E-state index in [4.69, 9.17) is 0 Å². The molecule has 206 valence electrons. The molecule has 4 heterocycles. The SMILES string of the molecule is CC.CN.Cn1ncc(-c2ccc3c(c2)CN(C2CCC(=O)NC2=O)C3=O)c1-c1ccc(-c2ccncc2)cc1. The average molecular weight is 539 g/mol. The molecule has 2 aromatic heterocycles. The standard InChI is InChI=1S/C28H23N5O3.C2H6.CH5N/c1-32-26(19-4-2-17(3-5-19)18-10-12-29-13-11-18)23(15-30-32)20-6-7-22-21(14-20)16-33(28(22)36)24-8-9-25(34)31-27(24)35;2*1-2/h2-7,10-15,24H,8-9,16H2,1H3,(H,31,34,35);1-2H3;2H2,1H3. The van der Waals surface area contributed by atoms with E-state index in [0.717, 1.165) is 39.1 Å². The Morgan fingerprint density at radius 2 is 1.48 bits per heavy atom. The molecule has 9 heteroatoms. The van der Waals surface area contributed by atoms with Crippen molar-refractivity contribution in [2.75, 3.05) is 7.05 Å². The van der Waals surface area contributed by atoms with Crippen LogP contribution >= 0.6 is 0 Å². The normalized spacial score (nSPS) is 15.9. The zero-order valence-electron chi connectivity index (χ0n) is 23.2. The molecule has 1 atom stereocenters. The van der Waals surface area contributed by atoms with Gasteiger partial charge in [0.15, 0.2) is 0 Å². The molecule has 6 rings (SSSR count). The highest BCUT2D eigenvalue weighted by atomic mass is 16.2. The summed E-state index contributed by atoms with van der Waals surface area (Å²) in [6.45, 7) is 4.34. The molecular formula is C31H34N6O3. The van der Waals surface area contributed by atoms with Crippen LogP contribution in [0.1, 0.15) is 42.6 Å². The summed E-state index contributed by atoms with van der Waals surface area (Å²) < 4.78 is 1.85. The number of rotatable bonds is 4. The van der Waals surface area contributed by atoms with Crippen molar-refractivity contribution >= 4 is 17.7 Å². The molecule has 40 heavy (non-hydrogen) atoms. The van der Waals surface area contributed by atoms with Crippen molar-refractivity contribution in [3.05, 3.63) is 84.3 Å². The molecule has 0 aliphatic carbocycles. The summed E-state index contributed by atoms with van der Waals surface area (Å²) in [5.41, 5.74) is 12.1. The molecule has 1 fully saturated rings. The first-order valence-electron chi connectivity index (χ1n) is 13.4. The molecule has 0 radical (unpaired) electrons. The summed E-state index contributed by atoms with van der Waals surface area (Å²) in [7, 11) is 3.41. The minimum absolute atomic E-state index is 0.177. The number of nitrogens with zero attached hydrogens (tertiary/aromatic N) is 4. The lowest BCUT2D eigenvalue weighted by Crippen LogP contribution is -2.52. The van der Waals surface area contributed by atoms with Crippen molar-refractivity contribution in [2.45, 2.75) is 39.3 Å². The van der Waals surface area contributed by atoms with Gasteiger partial charge in [-0.15, -0.1) is 0 Å². The van der Waals surface area contributed by atoms with E-state index in [1.165, 1.54) is 7.05 Å². The van der Waals surface area contributed by atoms with Crippen LogP contribution in [-0.4, -0.2) is 50.5 Å². The predicted molar refractivity (Wildman–Crippen MR) is 155 cm³/mol. The van der Waals surface area contributed by atoms with E-state index in [1.54, 1.807) is 17.3 Å². The molecular weight excluding hydrogens is 504 g/mol. The molecule has 1 unspecified atom stereocenters. The molecule has 2 aliphatic rings. The summed E-state index contributed by atoms with van der Waals surface area (Å²) in [6, 6.07) is 17.4. The fourth-order valence-corrected chi connectivity index (χ4v) is 5.10. The van der Waals surface area contributed by atoms with E-state index < -0.39 is 11.9 Å². The molecule has 0 saturated carbocycles. The van der Waals surface area contributed by atoms with E-state index in [-0.39, 0.29) is 18.2 Å². The number of carbonyl (C=O) groups is 3. The van der Waals surface area contributed by atoms with Crippen LogP contribution in [0, 0.1) is 0 Å². The average Bonchev–Trinajstić information content (AvgIpc) is 3.55. The van der Waals surface area contributed by atoms with E-state index in [0.29, 0.717) is 18.5 Å². The third-order valence-corrected chi connectivity index (χ3v) is 6.95. The van der Waals surface area contributed by atoms with Crippen molar-refractivity contribution < 1.29 is 14.4 Å². The highest BCUT2D eigenvalue weighted by Gasteiger charge is 2.39. The molecule has 9 nitrogen and oxygen atoms in total. The Labute approximate surface area is 234 Å². The van der Waals surface area contributed by atoms with E-state index in [1.807, 2.05) is 62.1 Å². The monoisotopic (exact) mass is 538 g/mol. The maximum absolute atomic E-state index is 13.1. The number of amides is 3. The lowest BCUT2D eigenvalue weighted by molar-refractivity contribution is -0.136. The van der Waals surface area contributed by atoms with Crippen LogP contribution in [0.25, 0.3) is 33.5 Å². The van der Waals surface area contributed by atoms with Gasteiger partial charge in [0.1, 0.15) is 6.04 Å². The Hall–Kier alpha value is -4.63. The number of aromatic nitrogens is 3. The van der Waals surface area contributed by atoms with Crippen LogP contribution < -0.4 is 11.1 Å². The van der Waals surface area contributed by atoms with Gasteiger partial charge in [-0.25, -0.2) is 0 Å². The smallest absolute Gasteiger partial charge is 0.255 e. The molecule has 0 bridgehead atoms. The van der Waals surface area contributed by atoms with Crippen molar-refractivity contribution in [3.8, 4) is 33.5 Å². The van der Waals surface area contributed by atoms with Crippen LogP contribution in [-0.2, 0) is 23.2 Å². The lowest BCUT2D eigenvalue weighted by atomic mass is 9.97. The van der Waals surface area contributed by atoms with Gasteiger partial charge in [0.05, 0.1) is 11.9 Å². The zero-order valence-corrected chi connectivity index (χ0v) is 23.2. The summed E-state index contributed by atoms with van der Waals surface area (Å²) in [4.78, 5) is 42.6. The number of hydrogen-bond acceptors (Lipinski definition) is 6. The number of nitrogens with two attached hydrogens (primary N) is 1. The summed E-state index contributed by atoms with van der Waals surface area (Å²) in [5.74, 6) is -0.873. The fourth-order valence-electron chi connectivity index (χ4n) is 5.10. The van der Waals surface area contributed by atoms with Crippen LogP contribution in [0.3, 0.4) is 0 Å². The Morgan fingerprint density at radius 1 is 0.850 bits per heavy atom. The van der Waals surface area contributed by atoms with Crippen molar-refractivity contribution in [1.29, 1.82) is 0 Å². The highest BCUT2D eigenvalue weighted by molar-refractivity contribution is 6.05. The molecule has 4 aromatic rings. The molecule has 1 saturated heterocycles. The summed E-state index contributed by atoms with van der Waals surface area (Å²) >= 11 is 0. The number of pyridine rings is 1. The Kier molecular flexibility index (Phi) is 8.86. The highest BCUT2D eigenvalue weighted by Crippen LogP contribution is 2.36. The fraction of sp³-hybridized carbons (Fsp3) is 0.258. The first-order valence-corrected chi connectivity index (χ1v) is 13.4. The maximum Gasteiger partial charge on any atom is 0.255 e. The van der Waals surface area contributed by atoms with Crippen molar-refractivity contribution in [1.82, 2.24) is 25.0 Å². The van der Waals surface area contributed by atoms with E-state index in [9.17, 15) is 14.4 Å². The molecule has 3 amide bonds. The number of nitrogens with one attached hydrogen (secondary N) is 1. The van der Waals surface area contributed by atoms with Crippen LogP contribution in [0.5, 0.6) is 0 Å². The summed E-state index contributed by atoms with van der Waals surface area (Å²) in [5, 5.41) is 6.86. The van der Waals surface area contributed by atoms with Gasteiger partial charge in [-0.05, 0) is 60.0 Å². The Morgan fingerprint density at radius 3 is 2.15 bits per heavy atom. The number of fused-ring (bicyclic) bond motifs is 1. The third-order valence-electron chi connectivity index (χ3n) is 6.95. The minimum Gasteiger partial charge on any atom is -0.333 e. The molecule has 2 aliphatic heterocycles. The van der Waals surface area contributed by atoms with Gasteiger partial charge < -0.3 is 10.6 Å². The lowest BCUT2D eigenvalue weighted by Gasteiger charge is -2.29. The van der Waals surface area contributed by atoms with Gasteiger partial charge in [0.25, 0.3) is 5.91 Å². The molecule has 2 aromatic carbocycles. The number of aryl methyl sites for hydroxylation is 1. The van der Waals surface area contributed by atoms with Crippen LogP contribution in [0.15, 0.2) is 73.2 Å². The van der Waals surface area contributed by atoms with Crippen molar-refractivity contribution in [2.24, 2.45) is 12.8 Å². The largest absolute Gasteiger partial charge is 0.333 e. The van der Waals surface area contributed by atoms with Gasteiger partial charge in [0.2, 0.25) is 11.8 Å². The predicted octanol–water partition coefficient (Wildman–Crippen LogP) is 4.18. The van der Waals surface area contributed by atoms with Crippen LogP contribution in [0.4, 0.5) is 0 Å². The number of benzene rings is 2. The van der Waals surface area contributed by atoms with Gasteiger partial charge >= 0.3 is 0 Å². The number of piperidine rings is 1. The molecule has 3 N–H and O–H groups in total.